The number of thiazole rings is 1. The standard InChI is InChI=1S/C26H24F3N7OS/c1-2-35-7-9-36(10-8-35)16-19-5-4-18(12-22(19)26(27,28)29)24(37)33-25-31-15-21(38-25)6-3-17-11-20-14-32-34-23(20)30-13-17/h4-5,11-15H,2,7-10,16H2,1H3,(H,30,32,34)(H,31,33,37). The second-order valence-electron chi connectivity index (χ2n) is 8.85. The molecule has 1 fully saturated rings. The molecular weight excluding hydrogens is 515 g/mol. The van der Waals surface area contributed by atoms with Gasteiger partial charge in [0, 0.05) is 55.4 Å². The normalized spacial score (nSPS) is 14.8. The Hall–Kier alpha value is -3.79. The SMILES string of the molecule is CCN1CCN(Cc2ccc(C(=O)Nc3ncc(C#Cc4cnc5[nH]ncc5c4)s3)cc2C(F)(F)F)CC1. The van der Waals surface area contributed by atoms with Crippen LogP contribution in [0.25, 0.3) is 11.0 Å². The van der Waals surface area contributed by atoms with Crippen molar-refractivity contribution in [2.24, 2.45) is 0 Å². The van der Waals surface area contributed by atoms with Gasteiger partial charge in [-0.25, -0.2) is 9.97 Å². The maximum Gasteiger partial charge on any atom is 0.416 e. The smallest absolute Gasteiger partial charge is 0.301 e. The minimum atomic E-state index is -4.57. The number of hydrogen-bond acceptors (Lipinski definition) is 7. The lowest BCUT2D eigenvalue weighted by atomic mass is 10.0. The molecule has 1 amide bonds. The fourth-order valence-electron chi connectivity index (χ4n) is 4.22. The van der Waals surface area contributed by atoms with Crippen molar-refractivity contribution in [3.05, 3.63) is 70.0 Å². The summed E-state index contributed by atoms with van der Waals surface area (Å²) in [5, 5.41) is 10.3. The monoisotopic (exact) mass is 539 g/mol. The van der Waals surface area contributed by atoms with Crippen LogP contribution >= 0.6 is 11.3 Å². The number of hydrogen-bond donors (Lipinski definition) is 2. The van der Waals surface area contributed by atoms with Crippen molar-refractivity contribution in [3.63, 3.8) is 0 Å². The van der Waals surface area contributed by atoms with Gasteiger partial charge in [-0.2, -0.15) is 18.3 Å². The topological polar surface area (TPSA) is 90.0 Å². The molecule has 5 rings (SSSR count). The second kappa shape index (κ2) is 10.9. The van der Waals surface area contributed by atoms with Gasteiger partial charge in [-0.15, -0.1) is 0 Å². The molecule has 0 saturated carbocycles. The zero-order valence-corrected chi connectivity index (χ0v) is 21.3. The molecule has 0 aliphatic carbocycles. The van der Waals surface area contributed by atoms with Crippen molar-refractivity contribution < 1.29 is 18.0 Å². The molecule has 12 heteroatoms. The molecule has 1 aliphatic heterocycles. The Morgan fingerprint density at radius 1 is 1.08 bits per heavy atom. The summed E-state index contributed by atoms with van der Waals surface area (Å²) < 4.78 is 41.7. The molecule has 2 N–H and O–H groups in total. The van der Waals surface area contributed by atoms with E-state index < -0.39 is 17.6 Å². The van der Waals surface area contributed by atoms with Crippen LogP contribution < -0.4 is 5.32 Å². The molecule has 3 aromatic heterocycles. The number of rotatable bonds is 5. The van der Waals surface area contributed by atoms with Crippen LogP contribution in [0.3, 0.4) is 0 Å². The maximum atomic E-state index is 13.9. The van der Waals surface area contributed by atoms with Crippen molar-refractivity contribution in [1.29, 1.82) is 0 Å². The first-order valence-corrected chi connectivity index (χ1v) is 12.8. The zero-order chi connectivity index (χ0) is 26.7. The first kappa shape index (κ1) is 25.8. The summed E-state index contributed by atoms with van der Waals surface area (Å²) in [6.07, 6.45) is 0.192. The molecule has 196 valence electrons. The van der Waals surface area contributed by atoms with Crippen molar-refractivity contribution in [2.45, 2.75) is 19.6 Å². The molecule has 0 radical (unpaired) electrons. The fourth-order valence-corrected chi connectivity index (χ4v) is 4.89. The summed E-state index contributed by atoms with van der Waals surface area (Å²) in [5.74, 6) is 5.28. The number of alkyl halides is 3. The number of H-pyrrole nitrogens is 1. The summed E-state index contributed by atoms with van der Waals surface area (Å²) in [6, 6.07) is 5.58. The van der Waals surface area contributed by atoms with Crippen LogP contribution in [-0.4, -0.2) is 68.6 Å². The molecule has 1 aliphatic rings. The lowest BCUT2D eigenvalue weighted by Crippen LogP contribution is -2.45. The van der Waals surface area contributed by atoms with E-state index in [1.807, 2.05) is 11.0 Å². The molecular formula is C26H24F3N7OS. The van der Waals surface area contributed by atoms with Gasteiger partial charge in [0.1, 0.15) is 0 Å². The van der Waals surface area contributed by atoms with Crippen LogP contribution in [0, 0.1) is 11.8 Å². The zero-order valence-electron chi connectivity index (χ0n) is 20.5. The number of aromatic nitrogens is 4. The maximum absolute atomic E-state index is 13.9. The van der Waals surface area contributed by atoms with Gasteiger partial charge in [-0.3, -0.25) is 20.1 Å². The van der Waals surface area contributed by atoms with E-state index in [0.717, 1.165) is 42.4 Å². The van der Waals surface area contributed by atoms with E-state index in [4.69, 9.17) is 0 Å². The molecule has 4 heterocycles. The van der Waals surface area contributed by atoms with Gasteiger partial charge in [0.05, 0.1) is 22.8 Å². The Labute approximate surface area is 220 Å². The first-order valence-electron chi connectivity index (χ1n) is 12.0. The van der Waals surface area contributed by atoms with Crippen molar-refractivity contribution in [1.82, 2.24) is 30.0 Å². The summed E-state index contributed by atoms with van der Waals surface area (Å²) in [6.45, 7) is 6.25. The van der Waals surface area contributed by atoms with E-state index in [1.54, 1.807) is 12.4 Å². The lowest BCUT2D eigenvalue weighted by Gasteiger charge is -2.34. The van der Waals surface area contributed by atoms with E-state index in [1.165, 1.54) is 18.3 Å². The molecule has 4 aromatic rings. The predicted molar refractivity (Wildman–Crippen MR) is 139 cm³/mol. The van der Waals surface area contributed by atoms with E-state index >= 15 is 0 Å². The largest absolute Gasteiger partial charge is 0.416 e. The van der Waals surface area contributed by atoms with Gasteiger partial charge in [-0.05, 0) is 36.2 Å². The second-order valence-corrected chi connectivity index (χ2v) is 9.88. The number of carbonyl (C=O) groups excluding carboxylic acids is 1. The number of amides is 1. The molecule has 0 bridgehead atoms. The molecule has 1 aromatic carbocycles. The number of benzene rings is 1. The fraction of sp³-hybridized carbons (Fsp3) is 0.308. The first-order chi connectivity index (χ1) is 18.3. The van der Waals surface area contributed by atoms with Crippen LogP contribution in [0.2, 0.25) is 0 Å². The van der Waals surface area contributed by atoms with Gasteiger partial charge in [0.25, 0.3) is 5.91 Å². The van der Waals surface area contributed by atoms with Gasteiger partial charge < -0.3 is 4.90 Å². The number of pyridine rings is 1. The molecule has 1 saturated heterocycles. The average molecular weight is 540 g/mol. The molecule has 0 atom stereocenters. The number of aromatic amines is 1. The molecule has 0 spiro atoms. The predicted octanol–water partition coefficient (Wildman–Crippen LogP) is 4.22. The number of nitrogens with zero attached hydrogens (tertiary/aromatic N) is 5. The van der Waals surface area contributed by atoms with Gasteiger partial charge in [0.2, 0.25) is 0 Å². The lowest BCUT2D eigenvalue weighted by molar-refractivity contribution is -0.138. The van der Waals surface area contributed by atoms with E-state index in [2.05, 4.69) is 49.1 Å². The number of nitrogens with one attached hydrogen (secondary N) is 2. The number of anilines is 1. The number of carbonyl (C=O) groups is 1. The van der Waals surface area contributed by atoms with Crippen LogP contribution in [-0.2, 0) is 12.7 Å². The summed E-state index contributed by atoms with van der Waals surface area (Å²) in [7, 11) is 0. The van der Waals surface area contributed by atoms with Gasteiger partial charge >= 0.3 is 6.18 Å². The third kappa shape index (κ3) is 6.02. The van der Waals surface area contributed by atoms with E-state index in [9.17, 15) is 18.0 Å². The number of likely N-dealkylation sites (N-methyl/N-ethyl adjacent to an activating group) is 1. The molecule has 8 nitrogen and oxygen atoms in total. The number of halogens is 3. The highest BCUT2D eigenvalue weighted by Gasteiger charge is 2.34. The Morgan fingerprint density at radius 3 is 2.63 bits per heavy atom. The van der Waals surface area contributed by atoms with Gasteiger partial charge in [0.15, 0.2) is 10.8 Å². The van der Waals surface area contributed by atoms with E-state index in [-0.39, 0.29) is 22.8 Å². The van der Waals surface area contributed by atoms with Crippen LogP contribution in [0.1, 0.15) is 38.8 Å². The van der Waals surface area contributed by atoms with Gasteiger partial charge in [-0.1, -0.05) is 30.2 Å². The van der Waals surface area contributed by atoms with Crippen LogP contribution in [0.5, 0.6) is 0 Å². The third-order valence-corrected chi connectivity index (χ3v) is 7.16. The average Bonchev–Trinajstić information content (AvgIpc) is 3.56. The number of fused-ring (bicyclic) bond motifs is 1. The summed E-state index contributed by atoms with van der Waals surface area (Å²) in [4.78, 5) is 26.0. The van der Waals surface area contributed by atoms with E-state index in [0.29, 0.717) is 29.2 Å². The summed E-state index contributed by atoms with van der Waals surface area (Å²) in [5.41, 5.74) is 0.629. The summed E-state index contributed by atoms with van der Waals surface area (Å²) >= 11 is 1.13. The van der Waals surface area contributed by atoms with Crippen LogP contribution in [0.4, 0.5) is 18.3 Å². The van der Waals surface area contributed by atoms with Crippen LogP contribution in [0.15, 0.2) is 42.9 Å². The quantitative estimate of drug-likeness (QED) is 0.369. The van der Waals surface area contributed by atoms with Crippen molar-refractivity contribution in [2.75, 3.05) is 38.0 Å². The molecule has 38 heavy (non-hydrogen) atoms. The third-order valence-electron chi connectivity index (χ3n) is 6.33. The minimum absolute atomic E-state index is 0.0841. The number of piperazine rings is 1. The Kier molecular flexibility index (Phi) is 7.42. The Morgan fingerprint density at radius 2 is 1.87 bits per heavy atom. The minimum Gasteiger partial charge on any atom is -0.301 e. The Balaban J connectivity index is 1.27. The highest BCUT2D eigenvalue weighted by molar-refractivity contribution is 7.16. The Bertz CT molecular complexity index is 1510. The van der Waals surface area contributed by atoms with Crippen molar-refractivity contribution >= 4 is 33.4 Å². The highest BCUT2D eigenvalue weighted by atomic mass is 32.1. The molecule has 0 unspecified atom stereocenters. The highest BCUT2D eigenvalue weighted by Crippen LogP contribution is 2.34. The van der Waals surface area contributed by atoms with Crippen molar-refractivity contribution in [3.8, 4) is 11.8 Å².